The van der Waals surface area contributed by atoms with Crippen molar-refractivity contribution in [2.75, 3.05) is 23.0 Å². The van der Waals surface area contributed by atoms with E-state index in [0.29, 0.717) is 18.0 Å². The second-order valence-corrected chi connectivity index (χ2v) is 8.81. The number of anilines is 1. The van der Waals surface area contributed by atoms with E-state index in [2.05, 4.69) is 0 Å². The number of rotatable bonds is 5. The molecule has 0 unspecified atom stereocenters. The average Bonchev–Trinajstić information content (AvgIpc) is 3.18. The van der Waals surface area contributed by atoms with Crippen LogP contribution in [0.2, 0.25) is 0 Å². The summed E-state index contributed by atoms with van der Waals surface area (Å²) in [5.74, 6) is -0.491. The molecule has 1 saturated carbocycles. The summed E-state index contributed by atoms with van der Waals surface area (Å²) in [7, 11) is -3.13. The first-order valence-corrected chi connectivity index (χ1v) is 9.94. The van der Waals surface area contributed by atoms with Gasteiger partial charge in [-0.25, -0.2) is 8.42 Å². The summed E-state index contributed by atoms with van der Waals surface area (Å²) < 4.78 is 28.7. The van der Waals surface area contributed by atoms with Crippen LogP contribution in [0.4, 0.5) is 5.69 Å². The van der Waals surface area contributed by atoms with Gasteiger partial charge in [0.2, 0.25) is 0 Å². The first-order chi connectivity index (χ1) is 11.4. The second kappa shape index (κ2) is 6.55. The third-order valence-electron chi connectivity index (χ3n) is 4.63. The minimum Gasteiger partial charge on any atom is -0.455 e. The molecule has 0 spiro atoms. The number of ether oxygens (including phenoxy) is 1. The molecule has 1 aromatic rings. The molecule has 0 aromatic heterocycles. The number of amides is 1. The van der Waals surface area contributed by atoms with Crippen molar-refractivity contribution in [2.24, 2.45) is 11.8 Å². The van der Waals surface area contributed by atoms with E-state index in [1.165, 1.54) is 4.90 Å². The van der Waals surface area contributed by atoms with E-state index < -0.39 is 15.9 Å². The fraction of sp³-hybridized carbons (Fsp3) is 0.529. The molecule has 7 heteroatoms. The normalized spacial score (nSPS) is 27.5. The molecule has 0 radical (unpaired) electrons. The number of hydrogen-bond donors (Lipinski definition) is 0. The van der Waals surface area contributed by atoms with E-state index in [9.17, 15) is 18.0 Å². The van der Waals surface area contributed by atoms with E-state index in [1.807, 2.05) is 13.0 Å². The van der Waals surface area contributed by atoms with Gasteiger partial charge < -0.3 is 9.64 Å². The van der Waals surface area contributed by atoms with Gasteiger partial charge in [0.05, 0.1) is 23.5 Å². The Labute approximate surface area is 141 Å². The summed E-state index contributed by atoms with van der Waals surface area (Å²) in [5, 5.41) is 0. The molecule has 0 N–H and O–H groups in total. The second-order valence-electron chi connectivity index (χ2n) is 6.58. The van der Waals surface area contributed by atoms with Crippen LogP contribution in [0, 0.1) is 11.8 Å². The van der Waals surface area contributed by atoms with Gasteiger partial charge in [0.1, 0.15) is 0 Å². The third kappa shape index (κ3) is 3.77. The Morgan fingerprint density at radius 3 is 2.46 bits per heavy atom. The Hall–Kier alpha value is -1.89. The summed E-state index contributed by atoms with van der Waals surface area (Å²) in [4.78, 5) is 25.9. The van der Waals surface area contributed by atoms with E-state index in [1.54, 1.807) is 24.3 Å². The van der Waals surface area contributed by atoms with Crippen LogP contribution in [-0.4, -0.2) is 44.4 Å². The van der Waals surface area contributed by atoms with Crippen molar-refractivity contribution in [1.82, 2.24) is 0 Å². The lowest BCUT2D eigenvalue weighted by Crippen LogP contribution is -2.43. The summed E-state index contributed by atoms with van der Waals surface area (Å²) in [5.41, 5.74) is 0.625. The average molecular weight is 351 g/mol. The topological polar surface area (TPSA) is 80.8 Å². The monoisotopic (exact) mass is 351 g/mol. The van der Waals surface area contributed by atoms with Crippen molar-refractivity contribution in [3.63, 3.8) is 0 Å². The fourth-order valence-electron chi connectivity index (χ4n) is 3.09. The highest BCUT2D eigenvalue weighted by atomic mass is 32.2. The van der Waals surface area contributed by atoms with E-state index in [4.69, 9.17) is 4.74 Å². The molecule has 1 amide bonds. The zero-order valence-corrected chi connectivity index (χ0v) is 14.4. The molecule has 130 valence electrons. The van der Waals surface area contributed by atoms with Gasteiger partial charge in [0.15, 0.2) is 16.4 Å². The summed E-state index contributed by atoms with van der Waals surface area (Å²) in [6.45, 7) is 1.61. The summed E-state index contributed by atoms with van der Waals surface area (Å²) in [6.07, 6.45) is 1.20. The molecule has 1 saturated heterocycles. The Balaban J connectivity index is 1.72. The van der Waals surface area contributed by atoms with Gasteiger partial charge in [-0.05, 0) is 30.9 Å². The standard InChI is InChI=1S/C17H21NO5S/c1-12-9-15(12)17(20)23-10-16(19)18(13-5-3-2-4-6-13)14-7-8-24(21,22)11-14/h2-6,12,14-15H,7-11H2,1H3/t12-,14-,15+/m1/s1. The van der Waals surface area contributed by atoms with Gasteiger partial charge in [0, 0.05) is 5.69 Å². The Kier molecular flexibility index (Phi) is 4.62. The van der Waals surface area contributed by atoms with E-state index >= 15 is 0 Å². The quantitative estimate of drug-likeness (QED) is 0.749. The van der Waals surface area contributed by atoms with Crippen molar-refractivity contribution in [1.29, 1.82) is 0 Å². The fourth-order valence-corrected chi connectivity index (χ4v) is 4.79. The predicted octanol–water partition coefficient (Wildman–Crippen LogP) is 1.41. The smallest absolute Gasteiger partial charge is 0.309 e. The van der Waals surface area contributed by atoms with Gasteiger partial charge in [0.25, 0.3) is 5.91 Å². The van der Waals surface area contributed by atoms with Crippen LogP contribution in [0.15, 0.2) is 30.3 Å². The van der Waals surface area contributed by atoms with E-state index in [0.717, 1.165) is 6.42 Å². The number of para-hydroxylation sites is 1. The molecule has 1 aliphatic heterocycles. The zero-order chi connectivity index (χ0) is 17.3. The van der Waals surface area contributed by atoms with Crippen molar-refractivity contribution >= 4 is 27.4 Å². The van der Waals surface area contributed by atoms with Crippen molar-refractivity contribution in [3.8, 4) is 0 Å². The molecule has 3 rings (SSSR count). The lowest BCUT2D eigenvalue weighted by Gasteiger charge is -2.28. The Morgan fingerprint density at radius 2 is 1.92 bits per heavy atom. The maximum absolute atomic E-state index is 12.6. The highest BCUT2D eigenvalue weighted by molar-refractivity contribution is 7.91. The zero-order valence-electron chi connectivity index (χ0n) is 13.6. The van der Waals surface area contributed by atoms with Crippen LogP contribution in [0.5, 0.6) is 0 Å². The first-order valence-electron chi connectivity index (χ1n) is 8.11. The minimum atomic E-state index is -3.13. The molecule has 3 atom stereocenters. The molecule has 6 nitrogen and oxygen atoms in total. The molecule has 24 heavy (non-hydrogen) atoms. The van der Waals surface area contributed by atoms with Crippen LogP contribution >= 0.6 is 0 Å². The third-order valence-corrected chi connectivity index (χ3v) is 6.38. The van der Waals surface area contributed by atoms with Crippen LogP contribution in [-0.2, 0) is 24.2 Å². The minimum absolute atomic E-state index is 0.0543. The molecule has 2 aliphatic rings. The van der Waals surface area contributed by atoms with Crippen LogP contribution in [0.3, 0.4) is 0 Å². The number of nitrogens with zero attached hydrogens (tertiary/aromatic N) is 1. The lowest BCUT2D eigenvalue weighted by molar-refractivity contribution is -0.149. The number of sulfone groups is 1. The molecular weight excluding hydrogens is 330 g/mol. The van der Waals surface area contributed by atoms with Gasteiger partial charge in [-0.1, -0.05) is 25.1 Å². The maximum atomic E-state index is 12.6. The Morgan fingerprint density at radius 1 is 1.25 bits per heavy atom. The SMILES string of the molecule is C[C@@H]1C[C@@H]1C(=O)OCC(=O)N(c1ccccc1)[C@@H]1CCS(=O)(=O)C1. The first kappa shape index (κ1) is 17.0. The highest BCUT2D eigenvalue weighted by Crippen LogP contribution is 2.38. The largest absolute Gasteiger partial charge is 0.455 e. The van der Waals surface area contributed by atoms with Crippen molar-refractivity contribution in [2.45, 2.75) is 25.8 Å². The Bertz CT molecular complexity index is 731. The number of hydrogen-bond acceptors (Lipinski definition) is 5. The number of carbonyl (C=O) groups is 2. The maximum Gasteiger partial charge on any atom is 0.309 e. The van der Waals surface area contributed by atoms with Gasteiger partial charge in [-0.2, -0.15) is 0 Å². The van der Waals surface area contributed by atoms with Crippen LogP contribution in [0.1, 0.15) is 19.8 Å². The highest BCUT2D eigenvalue weighted by Gasteiger charge is 2.41. The predicted molar refractivity (Wildman–Crippen MR) is 89.2 cm³/mol. The van der Waals surface area contributed by atoms with Gasteiger partial charge in [-0.3, -0.25) is 9.59 Å². The van der Waals surface area contributed by atoms with Crippen molar-refractivity contribution in [3.05, 3.63) is 30.3 Å². The van der Waals surface area contributed by atoms with Crippen LogP contribution in [0.25, 0.3) is 0 Å². The molecule has 1 heterocycles. The number of benzene rings is 1. The number of carbonyl (C=O) groups excluding carboxylic acids is 2. The number of esters is 1. The molecule has 1 aliphatic carbocycles. The summed E-state index contributed by atoms with van der Waals surface area (Å²) in [6, 6.07) is 8.50. The van der Waals surface area contributed by atoms with Crippen molar-refractivity contribution < 1.29 is 22.7 Å². The van der Waals surface area contributed by atoms with Gasteiger partial charge in [-0.15, -0.1) is 0 Å². The molecule has 0 bridgehead atoms. The molecule has 2 fully saturated rings. The van der Waals surface area contributed by atoms with E-state index in [-0.39, 0.29) is 35.9 Å². The molecular formula is C17H21NO5S. The summed E-state index contributed by atoms with van der Waals surface area (Å²) >= 11 is 0. The van der Waals surface area contributed by atoms with Gasteiger partial charge >= 0.3 is 5.97 Å². The lowest BCUT2D eigenvalue weighted by atomic mass is 10.2. The van der Waals surface area contributed by atoms with Crippen LogP contribution < -0.4 is 4.90 Å². The molecule has 1 aromatic carbocycles.